The summed E-state index contributed by atoms with van der Waals surface area (Å²) in [5, 5.41) is 0.575. The Morgan fingerprint density at radius 3 is 2.39 bits per heavy atom. The van der Waals surface area contributed by atoms with Crippen LogP contribution in [0.25, 0.3) is 0 Å². The van der Waals surface area contributed by atoms with Gasteiger partial charge in [0.25, 0.3) is 0 Å². The van der Waals surface area contributed by atoms with E-state index in [-0.39, 0.29) is 12.2 Å². The summed E-state index contributed by atoms with van der Waals surface area (Å²) in [4.78, 5) is 13.1. The Labute approximate surface area is 111 Å². The number of anilines is 1. The van der Waals surface area contributed by atoms with Gasteiger partial charge in [-0.25, -0.2) is 0 Å². The van der Waals surface area contributed by atoms with Gasteiger partial charge in [0, 0.05) is 32.9 Å². The average Bonchev–Trinajstić information content (AvgIpc) is 2.81. The number of nitrogens with zero attached hydrogens (tertiary/aromatic N) is 1. The topological polar surface area (TPSA) is 38.8 Å². The first-order valence-electron chi connectivity index (χ1n) is 5.75. The molecule has 5 heteroatoms. The Balaban J connectivity index is 2.31. The van der Waals surface area contributed by atoms with Crippen molar-refractivity contribution in [1.82, 2.24) is 0 Å². The van der Waals surface area contributed by atoms with Crippen LogP contribution in [0.4, 0.5) is 5.69 Å². The van der Waals surface area contributed by atoms with Crippen molar-refractivity contribution >= 4 is 23.6 Å². The fourth-order valence-corrected chi connectivity index (χ4v) is 2.64. The molecule has 1 aliphatic rings. The summed E-state index contributed by atoms with van der Waals surface area (Å²) < 4.78 is 10.8. The molecule has 1 aromatic carbocycles. The molecule has 1 aliphatic heterocycles. The zero-order chi connectivity index (χ0) is 13.1. The van der Waals surface area contributed by atoms with E-state index in [0.717, 1.165) is 12.0 Å². The van der Waals surface area contributed by atoms with E-state index in [4.69, 9.17) is 21.1 Å². The number of hydrogen-bond donors (Lipinski definition) is 0. The Kier molecular flexibility index (Phi) is 4.22. The summed E-state index contributed by atoms with van der Waals surface area (Å²) >= 11 is 6.19. The zero-order valence-corrected chi connectivity index (χ0v) is 11.2. The molecule has 4 nitrogen and oxygen atoms in total. The molecule has 18 heavy (non-hydrogen) atoms. The molecule has 0 aromatic heterocycles. The Morgan fingerprint density at radius 2 is 1.89 bits per heavy atom. The van der Waals surface area contributed by atoms with Crippen LogP contribution < -0.4 is 4.90 Å². The molecule has 2 atom stereocenters. The van der Waals surface area contributed by atoms with Crippen molar-refractivity contribution in [3.8, 4) is 0 Å². The van der Waals surface area contributed by atoms with Crippen LogP contribution in [0.15, 0.2) is 18.2 Å². The van der Waals surface area contributed by atoms with E-state index in [2.05, 4.69) is 0 Å². The Bertz CT molecular complexity index is 426. The van der Waals surface area contributed by atoms with E-state index >= 15 is 0 Å². The van der Waals surface area contributed by atoms with Gasteiger partial charge >= 0.3 is 0 Å². The highest BCUT2D eigenvalue weighted by Crippen LogP contribution is 2.32. The number of aldehydes is 1. The molecule has 0 amide bonds. The molecule has 0 aliphatic carbocycles. The molecular formula is C13H16ClNO3. The average molecular weight is 270 g/mol. The smallest absolute Gasteiger partial charge is 0.152 e. The van der Waals surface area contributed by atoms with E-state index < -0.39 is 0 Å². The lowest BCUT2D eigenvalue weighted by atomic mass is 10.2. The molecule has 2 unspecified atom stereocenters. The first-order chi connectivity index (χ1) is 8.71. The lowest BCUT2D eigenvalue weighted by Gasteiger charge is -2.21. The maximum Gasteiger partial charge on any atom is 0.152 e. The third kappa shape index (κ3) is 2.36. The van der Waals surface area contributed by atoms with Crippen LogP contribution in [-0.4, -0.2) is 45.8 Å². The van der Waals surface area contributed by atoms with E-state index in [0.29, 0.717) is 23.7 Å². The summed E-state index contributed by atoms with van der Waals surface area (Å²) in [7, 11) is 3.32. The van der Waals surface area contributed by atoms with Gasteiger partial charge in [-0.05, 0) is 12.1 Å². The number of hydrogen-bond acceptors (Lipinski definition) is 4. The molecule has 1 aromatic rings. The fraction of sp³-hybridized carbons (Fsp3) is 0.462. The summed E-state index contributed by atoms with van der Waals surface area (Å²) in [6, 6.07) is 5.31. The maximum absolute atomic E-state index is 11.1. The number of para-hydroxylation sites is 1. The van der Waals surface area contributed by atoms with Gasteiger partial charge in [-0.1, -0.05) is 17.7 Å². The summed E-state index contributed by atoms with van der Waals surface area (Å²) in [6.07, 6.45) is 0.805. The summed E-state index contributed by atoms with van der Waals surface area (Å²) in [5.74, 6) is 0. The maximum atomic E-state index is 11.1. The molecule has 98 valence electrons. The van der Waals surface area contributed by atoms with Crippen LogP contribution in [0.2, 0.25) is 5.02 Å². The molecule has 0 saturated carbocycles. The summed E-state index contributed by atoms with van der Waals surface area (Å²) in [5.41, 5.74) is 1.35. The molecule has 1 fully saturated rings. The van der Waals surface area contributed by atoms with E-state index in [1.807, 2.05) is 4.90 Å². The Hall–Kier alpha value is -1.10. The third-order valence-corrected chi connectivity index (χ3v) is 3.59. The monoisotopic (exact) mass is 269 g/mol. The molecular weight excluding hydrogens is 254 g/mol. The minimum atomic E-state index is -0.00854. The van der Waals surface area contributed by atoms with Crippen molar-refractivity contribution in [2.45, 2.75) is 12.2 Å². The normalized spacial score (nSPS) is 23.4. The Morgan fingerprint density at radius 1 is 1.28 bits per heavy atom. The number of carbonyl (C=O) groups excluding carboxylic acids is 1. The van der Waals surface area contributed by atoms with Gasteiger partial charge in [0.2, 0.25) is 0 Å². The molecule has 0 spiro atoms. The minimum Gasteiger partial charge on any atom is -0.377 e. The molecule has 0 N–H and O–H groups in total. The van der Waals surface area contributed by atoms with Crippen molar-refractivity contribution in [2.75, 3.05) is 32.2 Å². The quantitative estimate of drug-likeness (QED) is 0.784. The highest BCUT2D eigenvalue weighted by Gasteiger charge is 2.34. The van der Waals surface area contributed by atoms with E-state index in [9.17, 15) is 4.79 Å². The second kappa shape index (κ2) is 5.69. The molecule has 0 radical (unpaired) electrons. The third-order valence-electron chi connectivity index (χ3n) is 3.28. The van der Waals surface area contributed by atoms with Crippen LogP contribution in [-0.2, 0) is 9.47 Å². The van der Waals surface area contributed by atoms with Crippen LogP contribution in [0.1, 0.15) is 10.4 Å². The van der Waals surface area contributed by atoms with Gasteiger partial charge in [-0.3, -0.25) is 4.79 Å². The van der Waals surface area contributed by atoms with Crippen molar-refractivity contribution < 1.29 is 14.3 Å². The van der Waals surface area contributed by atoms with Gasteiger partial charge in [0.15, 0.2) is 6.29 Å². The van der Waals surface area contributed by atoms with Gasteiger partial charge in [-0.2, -0.15) is 0 Å². The highest BCUT2D eigenvalue weighted by atomic mass is 35.5. The first kappa shape index (κ1) is 13.3. The lowest BCUT2D eigenvalue weighted by molar-refractivity contribution is -0.00461. The van der Waals surface area contributed by atoms with Crippen molar-refractivity contribution in [3.05, 3.63) is 28.8 Å². The van der Waals surface area contributed by atoms with Gasteiger partial charge < -0.3 is 14.4 Å². The molecule has 1 heterocycles. The number of rotatable bonds is 4. The molecule has 1 saturated heterocycles. The van der Waals surface area contributed by atoms with Crippen LogP contribution in [0.3, 0.4) is 0 Å². The van der Waals surface area contributed by atoms with Gasteiger partial charge in [-0.15, -0.1) is 0 Å². The number of benzene rings is 1. The first-order valence-corrected chi connectivity index (χ1v) is 6.13. The SMILES string of the molecule is COC1CN(c2c(Cl)cccc2C=O)CC1OC. The number of ether oxygens (including phenoxy) is 2. The van der Waals surface area contributed by atoms with Crippen molar-refractivity contribution in [3.63, 3.8) is 0 Å². The van der Waals surface area contributed by atoms with E-state index in [1.54, 1.807) is 32.4 Å². The van der Waals surface area contributed by atoms with Crippen molar-refractivity contribution in [1.29, 1.82) is 0 Å². The predicted octanol–water partition coefficient (Wildman–Crippen LogP) is 2.00. The summed E-state index contributed by atoms with van der Waals surface area (Å²) in [6.45, 7) is 1.33. The van der Waals surface area contributed by atoms with Crippen LogP contribution in [0, 0.1) is 0 Å². The van der Waals surface area contributed by atoms with E-state index in [1.165, 1.54) is 0 Å². The van der Waals surface area contributed by atoms with Crippen LogP contribution in [0.5, 0.6) is 0 Å². The standard InChI is InChI=1S/C13H16ClNO3/c1-17-11-6-15(7-12(11)18-2)13-9(8-16)4-3-5-10(13)14/h3-5,8,11-12H,6-7H2,1-2H3. The number of carbonyl (C=O) groups is 1. The fourth-order valence-electron chi connectivity index (χ4n) is 2.34. The molecule has 0 bridgehead atoms. The largest absolute Gasteiger partial charge is 0.377 e. The van der Waals surface area contributed by atoms with Crippen molar-refractivity contribution in [2.24, 2.45) is 0 Å². The highest BCUT2D eigenvalue weighted by molar-refractivity contribution is 6.33. The van der Waals surface area contributed by atoms with Gasteiger partial charge in [0.05, 0.1) is 10.7 Å². The van der Waals surface area contributed by atoms with Gasteiger partial charge in [0.1, 0.15) is 12.2 Å². The minimum absolute atomic E-state index is 0.00854. The number of methoxy groups -OCH3 is 2. The lowest BCUT2D eigenvalue weighted by Crippen LogP contribution is -2.27. The second-order valence-corrected chi connectivity index (χ2v) is 4.66. The number of halogens is 1. The second-order valence-electron chi connectivity index (χ2n) is 4.25. The van der Waals surface area contributed by atoms with Crippen LogP contribution >= 0.6 is 11.6 Å². The molecule has 2 rings (SSSR count). The zero-order valence-electron chi connectivity index (χ0n) is 10.4. The predicted molar refractivity (Wildman–Crippen MR) is 70.6 cm³/mol.